The second kappa shape index (κ2) is 9.19. The topological polar surface area (TPSA) is 91.4 Å². The second-order valence-corrected chi connectivity index (χ2v) is 9.08. The van der Waals surface area contributed by atoms with Crippen LogP contribution in [0.3, 0.4) is 0 Å². The van der Waals surface area contributed by atoms with Gasteiger partial charge in [0.15, 0.2) is 0 Å². The molecular weight excluding hydrogens is 450 g/mol. The van der Waals surface area contributed by atoms with E-state index in [1.165, 1.54) is 7.11 Å². The van der Waals surface area contributed by atoms with E-state index in [2.05, 4.69) is 0 Å². The van der Waals surface area contributed by atoms with Crippen LogP contribution < -0.4 is 9.47 Å². The van der Waals surface area contributed by atoms with Crippen molar-refractivity contribution in [2.75, 3.05) is 20.8 Å². The lowest BCUT2D eigenvalue weighted by Gasteiger charge is -2.22. The highest BCUT2D eigenvalue weighted by molar-refractivity contribution is 5.91. The van der Waals surface area contributed by atoms with Crippen molar-refractivity contribution >= 4 is 17.8 Å². The zero-order chi connectivity index (χ0) is 24.6. The Balaban J connectivity index is 1.16. The van der Waals surface area contributed by atoms with Gasteiger partial charge in [0.05, 0.1) is 32.8 Å². The minimum Gasteiger partial charge on any atom is -0.497 e. The number of likely N-dealkylation sites (tertiary alicyclic amines) is 1. The molecule has 3 aliphatic heterocycles. The molecule has 5 rings (SSSR count). The fourth-order valence-corrected chi connectivity index (χ4v) is 5.22. The average molecular weight is 478 g/mol. The number of ether oxygens (including phenoxy) is 4. The number of amides is 1. The number of carbonyl (C=O) groups is 3. The molecular formula is C27H27NO7. The molecule has 8 heteroatoms. The quantitative estimate of drug-likeness (QED) is 0.328. The van der Waals surface area contributed by atoms with E-state index in [1.807, 2.05) is 48.6 Å². The number of benzene rings is 2. The Kier molecular flexibility index (Phi) is 6.06. The Bertz CT molecular complexity index is 1160. The third-order valence-corrected chi connectivity index (χ3v) is 6.96. The zero-order valence-corrected chi connectivity index (χ0v) is 19.6. The summed E-state index contributed by atoms with van der Waals surface area (Å²) in [5, 5.41) is 0. The third-order valence-electron chi connectivity index (χ3n) is 6.96. The van der Waals surface area contributed by atoms with Crippen molar-refractivity contribution in [1.29, 1.82) is 0 Å². The van der Waals surface area contributed by atoms with Crippen molar-refractivity contribution in [3.8, 4) is 11.5 Å². The van der Waals surface area contributed by atoms with Crippen LogP contribution >= 0.6 is 0 Å². The monoisotopic (exact) mass is 477 g/mol. The molecule has 0 aliphatic carbocycles. The molecule has 3 aliphatic rings. The summed E-state index contributed by atoms with van der Waals surface area (Å²) in [4.78, 5) is 39.4. The highest BCUT2D eigenvalue weighted by Gasteiger charge is 2.67. The minimum absolute atomic E-state index is 0.110. The van der Waals surface area contributed by atoms with E-state index in [1.54, 1.807) is 24.1 Å². The lowest BCUT2D eigenvalue weighted by atomic mass is 9.77. The molecule has 35 heavy (non-hydrogen) atoms. The molecule has 0 aromatic heterocycles. The highest BCUT2D eigenvalue weighted by Crippen LogP contribution is 2.52. The molecule has 1 amide bonds. The summed E-state index contributed by atoms with van der Waals surface area (Å²) in [6.07, 6.45) is 4.19. The molecule has 8 nitrogen and oxygen atoms in total. The summed E-state index contributed by atoms with van der Waals surface area (Å²) in [6.45, 7) is 0.762. The van der Waals surface area contributed by atoms with Crippen LogP contribution in [0, 0.1) is 11.8 Å². The summed E-state index contributed by atoms with van der Waals surface area (Å²) in [5.41, 5.74) is 1.15. The molecule has 2 saturated heterocycles. The van der Waals surface area contributed by atoms with E-state index in [-0.39, 0.29) is 18.3 Å². The minimum atomic E-state index is -0.764. The maximum Gasteiger partial charge on any atom is 0.312 e. The molecule has 0 unspecified atom stereocenters. The fourth-order valence-electron chi connectivity index (χ4n) is 5.22. The fraction of sp³-hybridized carbons (Fsp3) is 0.370. The van der Waals surface area contributed by atoms with Crippen LogP contribution in [0.1, 0.15) is 17.5 Å². The van der Waals surface area contributed by atoms with E-state index in [0.717, 1.165) is 16.9 Å². The first-order valence-electron chi connectivity index (χ1n) is 11.6. The first kappa shape index (κ1) is 23.1. The van der Waals surface area contributed by atoms with Gasteiger partial charge >= 0.3 is 11.9 Å². The molecule has 2 aromatic rings. The van der Waals surface area contributed by atoms with Gasteiger partial charge in [0.1, 0.15) is 23.0 Å². The van der Waals surface area contributed by atoms with Gasteiger partial charge in [-0.3, -0.25) is 14.4 Å². The van der Waals surface area contributed by atoms with E-state index >= 15 is 0 Å². The van der Waals surface area contributed by atoms with E-state index in [9.17, 15) is 14.4 Å². The number of fused-ring (bicyclic) bond motifs is 1. The van der Waals surface area contributed by atoms with Crippen LogP contribution in [-0.4, -0.2) is 55.2 Å². The van der Waals surface area contributed by atoms with Crippen molar-refractivity contribution in [3.63, 3.8) is 0 Å². The van der Waals surface area contributed by atoms with Gasteiger partial charge in [-0.15, -0.1) is 0 Å². The van der Waals surface area contributed by atoms with Gasteiger partial charge in [0.2, 0.25) is 5.91 Å². The predicted molar refractivity (Wildman–Crippen MR) is 125 cm³/mol. The SMILES string of the molecule is COC(=O)[C@@H]1[C@H]2C(=O)N(Cc3ccc(OC(=O)CCc4ccc(OC)cc4)cc3)C[C@@]23C=C[C@H]1O3. The van der Waals surface area contributed by atoms with Crippen LogP contribution in [0.5, 0.6) is 11.5 Å². The molecule has 182 valence electrons. The summed E-state index contributed by atoms with van der Waals surface area (Å²) in [7, 11) is 2.94. The Morgan fingerprint density at radius 2 is 1.71 bits per heavy atom. The summed E-state index contributed by atoms with van der Waals surface area (Å²) in [6, 6.07) is 14.7. The van der Waals surface area contributed by atoms with Crippen molar-refractivity contribution in [3.05, 3.63) is 71.8 Å². The maximum absolute atomic E-state index is 13.2. The van der Waals surface area contributed by atoms with Gasteiger partial charge in [-0.25, -0.2) is 0 Å². The van der Waals surface area contributed by atoms with Gasteiger partial charge in [0, 0.05) is 13.0 Å². The lowest BCUT2D eigenvalue weighted by molar-refractivity contribution is -0.151. The van der Waals surface area contributed by atoms with Gasteiger partial charge in [-0.2, -0.15) is 0 Å². The largest absolute Gasteiger partial charge is 0.497 e. The Hall–Kier alpha value is -3.65. The Labute approximate surface area is 203 Å². The van der Waals surface area contributed by atoms with Gasteiger partial charge in [-0.05, 0) is 41.8 Å². The molecule has 0 saturated carbocycles. The Morgan fingerprint density at radius 1 is 1.03 bits per heavy atom. The first-order chi connectivity index (χ1) is 16.9. The molecule has 0 radical (unpaired) electrons. The maximum atomic E-state index is 13.2. The second-order valence-electron chi connectivity index (χ2n) is 9.08. The standard InChI is InChI=1S/C27H27NO7/c1-32-19-8-3-17(4-9-19)7-12-22(29)34-20-10-5-18(6-11-20)15-28-16-27-14-13-21(35-27)23(26(31)33-2)24(27)25(28)30/h3-6,8-11,13-14,21,23-24H,7,12,15-16H2,1-2H3/t21-,23+,24+,27+/m1/s1. The number of methoxy groups -OCH3 is 2. The highest BCUT2D eigenvalue weighted by atomic mass is 16.5. The van der Waals surface area contributed by atoms with E-state index in [0.29, 0.717) is 25.3 Å². The predicted octanol–water partition coefficient (Wildman–Crippen LogP) is 2.69. The molecule has 2 aromatic carbocycles. The molecule has 2 fully saturated rings. The van der Waals surface area contributed by atoms with Crippen molar-refractivity contribution in [2.45, 2.75) is 31.1 Å². The van der Waals surface area contributed by atoms with Crippen molar-refractivity contribution in [2.24, 2.45) is 11.8 Å². The van der Waals surface area contributed by atoms with E-state index in [4.69, 9.17) is 18.9 Å². The third kappa shape index (κ3) is 4.30. The lowest BCUT2D eigenvalue weighted by Crippen LogP contribution is -2.39. The molecule has 0 N–H and O–H groups in total. The van der Waals surface area contributed by atoms with Crippen LogP contribution in [0.25, 0.3) is 0 Å². The smallest absolute Gasteiger partial charge is 0.312 e. The number of aryl methyl sites for hydroxylation is 1. The number of esters is 2. The van der Waals surface area contributed by atoms with Gasteiger partial charge in [0.25, 0.3) is 0 Å². The van der Waals surface area contributed by atoms with Gasteiger partial charge in [-0.1, -0.05) is 36.4 Å². The molecule has 4 atom stereocenters. The molecule has 3 heterocycles. The number of nitrogens with zero attached hydrogens (tertiary/aromatic N) is 1. The number of hydrogen-bond donors (Lipinski definition) is 0. The van der Waals surface area contributed by atoms with Crippen LogP contribution in [0.15, 0.2) is 60.7 Å². The first-order valence-corrected chi connectivity index (χ1v) is 11.6. The number of hydrogen-bond acceptors (Lipinski definition) is 7. The van der Waals surface area contributed by atoms with Crippen LogP contribution in [0.2, 0.25) is 0 Å². The Morgan fingerprint density at radius 3 is 2.40 bits per heavy atom. The summed E-state index contributed by atoms with van der Waals surface area (Å²) >= 11 is 0. The average Bonchev–Trinajstić information content (AvgIpc) is 3.52. The zero-order valence-electron chi connectivity index (χ0n) is 19.6. The van der Waals surface area contributed by atoms with Crippen molar-refractivity contribution in [1.82, 2.24) is 4.90 Å². The summed E-state index contributed by atoms with van der Waals surface area (Å²) < 4.78 is 21.6. The molecule has 1 spiro atoms. The van der Waals surface area contributed by atoms with Crippen molar-refractivity contribution < 1.29 is 33.3 Å². The number of carbonyl (C=O) groups excluding carboxylic acids is 3. The van der Waals surface area contributed by atoms with E-state index < -0.39 is 29.5 Å². The normalized spacial score (nSPS) is 26.1. The number of rotatable bonds is 8. The summed E-state index contributed by atoms with van der Waals surface area (Å²) in [5.74, 6) is -0.787. The van der Waals surface area contributed by atoms with Gasteiger partial charge < -0.3 is 23.8 Å². The van der Waals surface area contributed by atoms with Crippen LogP contribution in [-0.2, 0) is 36.8 Å². The molecule has 2 bridgehead atoms. The van der Waals surface area contributed by atoms with Crippen LogP contribution in [0.4, 0.5) is 0 Å².